The molecule has 24 heavy (non-hydrogen) atoms. The van der Waals surface area contributed by atoms with Gasteiger partial charge in [0.15, 0.2) is 6.54 Å². The van der Waals surface area contributed by atoms with E-state index >= 15 is 0 Å². The molecule has 0 bridgehead atoms. The average Bonchev–Trinajstić information content (AvgIpc) is 2.57. The molecule has 1 saturated heterocycles. The number of carbonyl (C=O) groups excluding carboxylic acids is 2. The first-order valence-electron chi connectivity index (χ1n) is 9.03. The predicted octanol–water partition coefficient (Wildman–Crippen LogP) is 0.165. The minimum absolute atomic E-state index is 0.0368. The number of likely N-dealkylation sites (tertiary alicyclic amines) is 1. The number of likely N-dealkylation sites (N-methyl/N-ethyl adjacent to an activating group) is 1. The Kier molecular flexibility index (Phi) is 7.25. The van der Waals surface area contributed by atoms with Crippen molar-refractivity contribution in [1.29, 1.82) is 0 Å². The number of benzene rings is 1. The van der Waals surface area contributed by atoms with Crippen molar-refractivity contribution in [2.45, 2.75) is 39.2 Å². The van der Waals surface area contributed by atoms with Gasteiger partial charge in [-0.2, -0.15) is 0 Å². The van der Waals surface area contributed by atoms with E-state index in [1.54, 1.807) is 6.92 Å². The molecule has 0 aliphatic carbocycles. The molecule has 0 radical (unpaired) electrons. The van der Waals surface area contributed by atoms with Crippen LogP contribution in [-0.2, 0) is 16.0 Å². The van der Waals surface area contributed by atoms with Gasteiger partial charge in [0.2, 0.25) is 5.91 Å². The van der Waals surface area contributed by atoms with Crippen molar-refractivity contribution < 1.29 is 14.5 Å². The molecule has 1 fully saturated rings. The van der Waals surface area contributed by atoms with Gasteiger partial charge in [0, 0.05) is 6.54 Å². The summed E-state index contributed by atoms with van der Waals surface area (Å²) < 4.78 is 0. The van der Waals surface area contributed by atoms with Crippen molar-refractivity contribution in [3.05, 3.63) is 35.9 Å². The number of rotatable bonds is 7. The first kappa shape index (κ1) is 18.5. The first-order valence-corrected chi connectivity index (χ1v) is 9.03. The number of amides is 2. The summed E-state index contributed by atoms with van der Waals surface area (Å²) in [5.74, 6) is 0.557. The maximum Gasteiger partial charge on any atom is 0.275 e. The fourth-order valence-corrected chi connectivity index (χ4v) is 3.33. The lowest BCUT2D eigenvalue weighted by molar-refractivity contribution is -0.898. The summed E-state index contributed by atoms with van der Waals surface area (Å²) in [6.45, 7) is 6.70. The van der Waals surface area contributed by atoms with Gasteiger partial charge in [-0.3, -0.25) is 9.59 Å². The fraction of sp³-hybridized carbons (Fsp3) is 0.579. The lowest BCUT2D eigenvalue weighted by atomic mass is 9.90. The van der Waals surface area contributed by atoms with E-state index in [2.05, 4.69) is 41.0 Å². The zero-order chi connectivity index (χ0) is 17.4. The van der Waals surface area contributed by atoms with Crippen LogP contribution in [0.4, 0.5) is 0 Å². The smallest absolute Gasteiger partial charge is 0.275 e. The second kappa shape index (κ2) is 9.42. The molecule has 0 unspecified atom stereocenters. The van der Waals surface area contributed by atoms with Crippen molar-refractivity contribution in [1.82, 2.24) is 10.6 Å². The Labute approximate surface area is 144 Å². The molecule has 0 aromatic heterocycles. The molecular weight excluding hydrogens is 302 g/mol. The van der Waals surface area contributed by atoms with Gasteiger partial charge in [-0.1, -0.05) is 30.3 Å². The molecule has 1 aliphatic heterocycles. The van der Waals surface area contributed by atoms with Crippen LogP contribution in [0.5, 0.6) is 0 Å². The third-order valence-electron chi connectivity index (χ3n) is 4.71. The number of quaternary nitrogens is 1. The molecule has 1 aliphatic rings. The van der Waals surface area contributed by atoms with Crippen LogP contribution in [-0.4, -0.2) is 44.0 Å². The summed E-state index contributed by atoms with van der Waals surface area (Å²) in [6, 6.07) is 10.2. The monoisotopic (exact) mass is 332 g/mol. The minimum Gasteiger partial charge on any atom is -0.355 e. The number of hydrogen-bond donors (Lipinski definition) is 3. The van der Waals surface area contributed by atoms with E-state index in [4.69, 9.17) is 0 Å². The highest BCUT2D eigenvalue weighted by atomic mass is 16.2. The van der Waals surface area contributed by atoms with Gasteiger partial charge in [-0.25, -0.2) is 0 Å². The second-order valence-electron chi connectivity index (χ2n) is 6.74. The van der Waals surface area contributed by atoms with E-state index in [-0.39, 0.29) is 11.8 Å². The van der Waals surface area contributed by atoms with E-state index in [0.717, 1.165) is 32.4 Å². The van der Waals surface area contributed by atoms with Gasteiger partial charge in [0.25, 0.3) is 5.91 Å². The average molecular weight is 332 g/mol. The van der Waals surface area contributed by atoms with Gasteiger partial charge in [-0.15, -0.1) is 0 Å². The summed E-state index contributed by atoms with van der Waals surface area (Å²) in [5.41, 5.74) is 1.40. The lowest BCUT2D eigenvalue weighted by Gasteiger charge is -2.29. The van der Waals surface area contributed by atoms with Gasteiger partial charge >= 0.3 is 0 Å². The summed E-state index contributed by atoms with van der Waals surface area (Å²) in [4.78, 5) is 25.1. The molecule has 0 spiro atoms. The highest BCUT2D eigenvalue weighted by Gasteiger charge is 2.25. The topological polar surface area (TPSA) is 62.6 Å². The van der Waals surface area contributed by atoms with Crippen molar-refractivity contribution >= 4 is 11.8 Å². The zero-order valence-electron chi connectivity index (χ0n) is 14.8. The van der Waals surface area contributed by atoms with E-state index in [9.17, 15) is 9.59 Å². The molecule has 2 amide bonds. The molecule has 5 nitrogen and oxygen atoms in total. The maximum atomic E-state index is 12.1. The largest absolute Gasteiger partial charge is 0.355 e. The van der Waals surface area contributed by atoms with Crippen molar-refractivity contribution in [2.24, 2.45) is 5.92 Å². The van der Waals surface area contributed by atoms with Crippen LogP contribution >= 0.6 is 0 Å². The predicted molar refractivity (Wildman–Crippen MR) is 94.7 cm³/mol. The Morgan fingerprint density at radius 2 is 1.88 bits per heavy atom. The highest BCUT2D eigenvalue weighted by Crippen LogP contribution is 2.16. The molecule has 1 atom stereocenters. The van der Waals surface area contributed by atoms with Crippen molar-refractivity contribution in [3.63, 3.8) is 0 Å². The molecular formula is C19H30N3O2+. The van der Waals surface area contributed by atoms with E-state index < -0.39 is 6.04 Å². The van der Waals surface area contributed by atoms with E-state index in [1.165, 1.54) is 10.5 Å². The van der Waals surface area contributed by atoms with Crippen LogP contribution in [0.3, 0.4) is 0 Å². The quantitative estimate of drug-likeness (QED) is 0.666. The third kappa shape index (κ3) is 5.96. The zero-order valence-corrected chi connectivity index (χ0v) is 14.8. The SMILES string of the molecule is CCNC(=O)[C@@H](C)NC(=O)C[NH+]1CCC(Cc2ccccc2)CC1. The van der Waals surface area contributed by atoms with Gasteiger partial charge in [0.1, 0.15) is 6.04 Å². The maximum absolute atomic E-state index is 12.1. The second-order valence-corrected chi connectivity index (χ2v) is 6.74. The van der Waals surface area contributed by atoms with Gasteiger partial charge < -0.3 is 15.5 Å². The number of piperidine rings is 1. The Hall–Kier alpha value is -1.88. The van der Waals surface area contributed by atoms with Crippen LogP contribution in [0, 0.1) is 5.92 Å². The van der Waals surface area contributed by atoms with Crippen LogP contribution in [0.25, 0.3) is 0 Å². The van der Waals surface area contributed by atoms with E-state index in [1.807, 2.05) is 6.92 Å². The number of carbonyl (C=O) groups is 2. The highest BCUT2D eigenvalue weighted by molar-refractivity contribution is 5.87. The minimum atomic E-state index is -0.465. The summed E-state index contributed by atoms with van der Waals surface area (Å²) in [5, 5.41) is 5.51. The molecule has 1 aromatic carbocycles. The molecule has 2 rings (SSSR count). The van der Waals surface area contributed by atoms with E-state index in [0.29, 0.717) is 19.0 Å². The fourth-order valence-electron chi connectivity index (χ4n) is 3.33. The summed E-state index contributed by atoms with van der Waals surface area (Å²) in [7, 11) is 0. The third-order valence-corrected chi connectivity index (χ3v) is 4.71. The van der Waals surface area contributed by atoms with Crippen LogP contribution < -0.4 is 15.5 Å². The normalized spacial score (nSPS) is 21.8. The van der Waals surface area contributed by atoms with Crippen LogP contribution in [0.2, 0.25) is 0 Å². The Morgan fingerprint density at radius 1 is 1.21 bits per heavy atom. The molecule has 5 heteroatoms. The summed E-state index contributed by atoms with van der Waals surface area (Å²) in [6.07, 6.45) is 3.45. The molecule has 1 heterocycles. The van der Waals surface area contributed by atoms with Gasteiger partial charge in [0.05, 0.1) is 13.1 Å². The molecule has 3 N–H and O–H groups in total. The van der Waals surface area contributed by atoms with Crippen molar-refractivity contribution in [2.75, 3.05) is 26.2 Å². The Balaban J connectivity index is 1.69. The molecule has 132 valence electrons. The molecule has 0 saturated carbocycles. The first-order chi connectivity index (χ1) is 11.6. The van der Waals surface area contributed by atoms with Crippen LogP contribution in [0.15, 0.2) is 30.3 Å². The summed E-state index contributed by atoms with van der Waals surface area (Å²) >= 11 is 0. The number of hydrogen-bond acceptors (Lipinski definition) is 2. The number of nitrogens with one attached hydrogen (secondary N) is 3. The van der Waals surface area contributed by atoms with Gasteiger partial charge in [-0.05, 0) is 44.6 Å². The standard InChI is InChI=1S/C19H29N3O2/c1-3-20-19(24)15(2)21-18(23)14-22-11-9-17(10-12-22)13-16-7-5-4-6-8-16/h4-8,15,17H,3,9-14H2,1-2H3,(H,20,24)(H,21,23)/p+1/t15-/m1/s1. The lowest BCUT2D eigenvalue weighted by Crippen LogP contribution is -3.14. The van der Waals surface area contributed by atoms with Crippen LogP contribution in [0.1, 0.15) is 32.3 Å². The Bertz CT molecular complexity index is 525. The Morgan fingerprint density at radius 3 is 2.50 bits per heavy atom. The van der Waals surface area contributed by atoms with Crippen molar-refractivity contribution in [3.8, 4) is 0 Å². The molecule has 1 aromatic rings.